The molecule has 0 amide bonds. The zero-order valence-electron chi connectivity index (χ0n) is 8.29. The molecule has 7 heteroatoms. The second-order valence-electron chi connectivity index (χ2n) is 3.45. The molecule has 0 radical (unpaired) electrons. The Kier molecular flexibility index (Phi) is 4.79. The maximum Gasteiger partial charge on any atom is 0.390 e. The summed E-state index contributed by atoms with van der Waals surface area (Å²) in [5, 5.41) is 3.15. The van der Waals surface area contributed by atoms with Crippen LogP contribution in [0, 0.1) is 5.92 Å². The Morgan fingerprint density at radius 3 is 2.20 bits per heavy atom. The van der Waals surface area contributed by atoms with E-state index < -0.39 is 33.8 Å². The van der Waals surface area contributed by atoms with Crippen molar-refractivity contribution in [3.63, 3.8) is 0 Å². The highest BCUT2D eigenvalue weighted by Gasteiger charge is 2.39. The summed E-state index contributed by atoms with van der Waals surface area (Å²) in [6.45, 7) is 4.75. The molecule has 0 rings (SSSR count). The lowest BCUT2D eigenvalue weighted by Crippen LogP contribution is -2.37. The zero-order valence-corrected chi connectivity index (χ0v) is 9.11. The van der Waals surface area contributed by atoms with Crippen LogP contribution in [0.3, 0.4) is 0 Å². The average molecular weight is 245 g/mol. The molecule has 2 atom stereocenters. The van der Waals surface area contributed by atoms with Gasteiger partial charge in [0.15, 0.2) is 0 Å². The quantitative estimate of drug-likeness (QED) is 0.751. The van der Waals surface area contributed by atoms with Crippen LogP contribution in [0.15, 0.2) is 12.7 Å². The molecular weight excluding hydrogens is 231 g/mol. The van der Waals surface area contributed by atoms with Gasteiger partial charge in [-0.05, 0) is 12.3 Å². The van der Waals surface area contributed by atoms with Gasteiger partial charge >= 0.3 is 6.18 Å². The number of hydrogen-bond acceptors (Lipinski definition) is 2. The van der Waals surface area contributed by atoms with E-state index in [9.17, 15) is 21.6 Å². The molecule has 2 N–H and O–H groups in total. The van der Waals surface area contributed by atoms with Crippen LogP contribution in [0.2, 0.25) is 0 Å². The maximum absolute atomic E-state index is 12.1. The first-order valence-electron chi connectivity index (χ1n) is 4.27. The van der Waals surface area contributed by atoms with E-state index >= 15 is 0 Å². The molecule has 0 saturated carbocycles. The van der Waals surface area contributed by atoms with Gasteiger partial charge in [-0.1, -0.05) is 13.0 Å². The van der Waals surface area contributed by atoms with Gasteiger partial charge in [0, 0.05) is 0 Å². The van der Waals surface area contributed by atoms with Crippen LogP contribution < -0.4 is 5.14 Å². The van der Waals surface area contributed by atoms with Gasteiger partial charge < -0.3 is 0 Å². The molecule has 0 aliphatic heterocycles. The van der Waals surface area contributed by atoms with Crippen LogP contribution in [-0.4, -0.2) is 19.8 Å². The smallest absolute Gasteiger partial charge is 0.228 e. The number of hydrogen-bond donors (Lipinski definition) is 1. The first-order valence-corrected chi connectivity index (χ1v) is 5.88. The highest BCUT2D eigenvalue weighted by molar-refractivity contribution is 7.89. The number of sulfonamides is 1. The van der Waals surface area contributed by atoms with E-state index in [1.165, 1.54) is 13.0 Å². The highest BCUT2D eigenvalue weighted by Crippen LogP contribution is 2.29. The van der Waals surface area contributed by atoms with Gasteiger partial charge in [-0.15, -0.1) is 6.58 Å². The third-order valence-electron chi connectivity index (χ3n) is 2.03. The van der Waals surface area contributed by atoms with Gasteiger partial charge in [0.05, 0.1) is 11.7 Å². The fourth-order valence-electron chi connectivity index (χ4n) is 1.28. The van der Waals surface area contributed by atoms with Crippen molar-refractivity contribution < 1.29 is 21.6 Å². The van der Waals surface area contributed by atoms with Gasteiger partial charge in [0.2, 0.25) is 10.0 Å². The minimum Gasteiger partial charge on any atom is -0.228 e. The summed E-state index contributed by atoms with van der Waals surface area (Å²) in [7, 11) is -4.19. The standard InChI is InChI=1S/C8H14F3NO2S/c1-3-4-6(2)7(15(12,13)14)5-8(9,10)11/h3,6-7H,1,4-5H2,2H3,(H2,12,13,14)/t6-,7-/m0/s1. The van der Waals surface area contributed by atoms with E-state index in [1.807, 2.05) is 0 Å². The van der Waals surface area contributed by atoms with Gasteiger partial charge in [0.1, 0.15) is 0 Å². The molecule has 0 aromatic carbocycles. The molecule has 0 spiro atoms. The Balaban J connectivity index is 4.83. The molecule has 0 bridgehead atoms. The van der Waals surface area contributed by atoms with E-state index in [0.29, 0.717) is 0 Å². The molecule has 0 saturated heterocycles. The number of allylic oxidation sites excluding steroid dienone is 1. The minimum absolute atomic E-state index is 0.178. The molecule has 3 nitrogen and oxygen atoms in total. The minimum atomic E-state index is -4.54. The molecule has 90 valence electrons. The van der Waals surface area contributed by atoms with Crippen molar-refractivity contribution in [3.8, 4) is 0 Å². The summed E-state index contributed by atoms with van der Waals surface area (Å²) in [4.78, 5) is 0. The van der Waals surface area contributed by atoms with Crippen LogP contribution in [0.4, 0.5) is 13.2 Å². The van der Waals surface area contributed by atoms with Crippen LogP contribution in [0.1, 0.15) is 19.8 Å². The Morgan fingerprint density at radius 1 is 1.47 bits per heavy atom. The van der Waals surface area contributed by atoms with Crippen LogP contribution in [-0.2, 0) is 10.0 Å². The third kappa shape index (κ3) is 5.78. The number of rotatable bonds is 5. The van der Waals surface area contributed by atoms with Crippen LogP contribution >= 0.6 is 0 Å². The lowest BCUT2D eigenvalue weighted by Gasteiger charge is -2.22. The topological polar surface area (TPSA) is 60.2 Å². The Morgan fingerprint density at radius 2 is 1.93 bits per heavy atom. The number of primary sulfonamides is 1. The van der Waals surface area contributed by atoms with Gasteiger partial charge in [0.25, 0.3) is 0 Å². The average Bonchev–Trinajstić information content (AvgIpc) is 1.97. The Bertz CT molecular complexity index is 310. The van der Waals surface area contributed by atoms with Crippen molar-refractivity contribution in [2.24, 2.45) is 11.1 Å². The van der Waals surface area contributed by atoms with E-state index in [-0.39, 0.29) is 6.42 Å². The molecule has 15 heavy (non-hydrogen) atoms. The predicted octanol–water partition coefficient (Wildman–Crippen LogP) is 1.81. The van der Waals surface area contributed by atoms with Crippen molar-refractivity contribution in [3.05, 3.63) is 12.7 Å². The first-order chi connectivity index (χ1) is 6.58. The monoisotopic (exact) mass is 245 g/mol. The highest BCUT2D eigenvalue weighted by atomic mass is 32.2. The molecule has 0 fully saturated rings. The zero-order chi connectivity index (χ0) is 12.3. The predicted molar refractivity (Wildman–Crippen MR) is 51.5 cm³/mol. The summed E-state index contributed by atoms with van der Waals surface area (Å²) < 4.78 is 58.2. The van der Waals surface area contributed by atoms with E-state index in [1.54, 1.807) is 0 Å². The molecule has 0 aliphatic rings. The summed E-state index contributed by atoms with van der Waals surface area (Å²) in [5.41, 5.74) is 0. The Labute approximate surface area is 87.2 Å². The molecule has 0 heterocycles. The fourth-order valence-corrected chi connectivity index (χ4v) is 2.46. The lowest BCUT2D eigenvalue weighted by atomic mass is 10.0. The molecule has 0 aromatic rings. The number of alkyl halides is 3. The SMILES string of the molecule is C=CC[C@H](C)[C@H](CC(F)(F)F)S(N)(=O)=O. The summed E-state index contributed by atoms with van der Waals surface area (Å²) in [6, 6.07) is 0. The summed E-state index contributed by atoms with van der Waals surface area (Å²) in [6.07, 6.45) is -4.40. The molecule has 0 unspecified atom stereocenters. The first kappa shape index (κ1) is 14.4. The van der Waals surface area contributed by atoms with Crippen molar-refractivity contribution in [1.82, 2.24) is 0 Å². The van der Waals surface area contributed by atoms with Crippen LogP contribution in [0.5, 0.6) is 0 Å². The molecule has 0 aliphatic carbocycles. The fraction of sp³-hybridized carbons (Fsp3) is 0.750. The van der Waals surface area contributed by atoms with E-state index in [0.717, 1.165) is 0 Å². The van der Waals surface area contributed by atoms with E-state index in [2.05, 4.69) is 6.58 Å². The molecule has 0 aromatic heterocycles. The molecular formula is C8H14F3NO2S. The van der Waals surface area contributed by atoms with Gasteiger partial charge in [-0.2, -0.15) is 13.2 Å². The summed E-state index contributed by atoms with van der Waals surface area (Å²) >= 11 is 0. The largest absolute Gasteiger partial charge is 0.390 e. The second kappa shape index (κ2) is 4.98. The normalized spacial score (nSPS) is 17.1. The second-order valence-corrected chi connectivity index (χ2v) is 5.23. The summed E-state index contributed by atoms with van der Waals surface area (Å²) in [5.74, 6) is -0.695. The van der Waals surface area contributed by atoms with E-state index in [4.69, 9.17) is 5.14 Å². The maximum atomic E-state index is 12.1. The van der Waals surface area contributed by atoms with Crippen molar-refractivity contribution in [2.75, 3.05) is 0 Å². The van der Waals surface area contributed by atoms with Crippen molar-refractivity contribution >= 4 is 10.0 Å². The lowest BCUT2D eigenvalue weighted by molar-refractivity contribution is -0.136. The number of halogens is 3. The van der Waals surface area contributed by atoms with Gasteiger partial charge in [-0.25, -0.2) is 13.6 Å². The van der Waals surface area contributed by atoms with Crippen molar-refractivity contribution in [1.29, 1.82) is 0 Å². The Hall–Kier alpha value is -0.560. The van der Waals surface area contributed by atoms with Crippen molar-refractivity contribution in [2.45, 2.75) is 31.2 Å². The van der Waals surface area contributed by atoms with Gasteiger partial charge in [-0.3, -0.25) is 0 Å². The number of nitrogens with two attached hydrogens (primary N) is 1. The third-order valence-corrected chi connectivity index (χ3v) is 3.50. The van der Waals surface area contributed by atoms with Crippen LogP contribution in [0.25, 0.3) is 0 Å².